The molecule has 1 aromatic carbocycles. The van der Waals surface area contributed by atoms with Crippen LogP contribution in [0.15, 0.2) is 29.4 Å². The normalized spacial score (nSPS) is 10.3. The molecule has 0 bridgehead atoms. The highest BCUT2D eigenvalue weighted by Crippen LogP contribution is 2.15. The lowest BCUT2D eigenvalue weighted by Crippen LogP contribution is -2.29. The van der Waals surface area contributed by atoms with Gasteiger partial charge in [0.05, 0.1) is 6.61 Å². The minimum absolute atomic E-state index is 0.332. The molecule has 0 aliphatic rings. The molecule has 2 rings (SSSR count). The molecule has 106 valence electrons. The highest BCUT2D eigenvalue weighted by molar-refractivity contribution is 7.99. The van der Waals surface area contributed by atoms with E-state index in [0.29, 0.717) is 17.9 Å². The summed E-state index contributed by atoms with van der Waals surface area (Å²) in [6, 6.07) is 6.74. The molecule has 0 saturated heterocycles. The van der Waals surface area contributed by atoms with Crippen molar-refractivity contribution in [3.63, 3.8) is 0 Å². The molecule has 0 saturated carbocycles. The first kappa shape index (κ1) is 14.3. The Morgan fingerprint density at radius 3 is 2.80 bits per heavy atom. The molecule has 9 heteroatoms. The van der Waals surface area contributed by atoms with E-state index < -0.39 is 0 Å². The van der Waals surface area contributed by atoms with E-state index in [2.05, 4.69) is 21.0 Å². The molecule has 1 amide bonds. The Kier molecular flexibility index (Phi) is 4.91. The molecule has 3 N–H and O–H groups in total. The molecule has 8 nitrogen and oxygen atoms in total. The van der Waals surface area contributed by atoms with Gasteiger partial charge in [-0.2, -0.15) is 0 Å². The third-order valence-electron chi connectivity index (χ3n) is 2.41. The van der Waals surface area contributed by atoms with Gasteiger partial charge in [0, 0.05) is 18.4 Å². The number of ether oxygens (including phenoxy) is 1. The monoisotopic (exact) mass is 294 g/mol. The lowest BCUT2D eigenvalue weighted by atomic mass is 10.2. The number of carbonyl (C=O) groups excluding carboxylic acids is 1. The van der Waals surface area contributed by atoms with Gasteiger partial charge in [-0.3, -0.25) is 10.2 Å². The summed E-state index contributed by atoms with van der Waals surface area (Å²) in [6.45, 7) is 0.514. The number of carbonyl (C=O) groups is 1. The van der Waals surface area contributed by atoms with Crippen molar-refractivity contribution in [3.05, 3.63) is 29.8 Å². The molecule has 1 aromatic heterocycles. The number of nitrogen functional groups attached to an aromatic ring is 1. The topological polar surface area (TPSA) is 108 Å². The first-order chi connectivity index (χ1) is 9.70. The quantitative estimate of drug-likeness (QED) is 0.253. The Morgan fingerprint density at radius 2 is 2.20 bits per heavy atom. The fourth-order valence-electron chi connectivity index (χ4n) is 1.42. The van der Waals surface area contributed by atoms with Crippen LogP contribution in [0.4, 0.5) is 0 Å². The highest BCUT2D eigenvalue weighted by atomic mass is 32.2. The number of thioether (sulfide) groups is 1. The predicted molar refractivity (Wildman–Crippen MR) is 73.1 cm³/mol. The molecule has 0 radical (unpaired) electrons. The van der Waals surface area contributed by atoms with Crippen molar-refractivity contribution >= 4 is 17.7 Å². The Bertz CT molecular complexity index is 571. The SMILES string of the molecule is Cn1nnnc1SCCOc1ccc(C(=O)NN)cc1. The van der Waals surface area contributed by atoms with Crippen LogP contribution in [0.3, 0.4) is 0 Å². The summed E-state index contributed by atoms with van der Waals surface area (Å²) in [5, 5.41) is 11.9. The van der Waals surface area contributed by atoms with E-state index in [1.165, 1.54) is 11.8 Å². The second-order valence-corrected chi connectivity index (χ2v) is 4.84. The second-order valence-electron chi connectivity index (χ2n) is 3.78. The molecule has 0 aliphatic carbocycles. The van der Waals surface area contributed by atoms with E-state index in [1.807, 2.05) is 0 Å². The van der Waals surface area contributed by atoms with E-state index in [4.69, 9.17) is 10.6 Å². The van der Waals surface area contributed by atoms with Gasteiger partial charge in [-0.15, -0.1) is 5.10 Å². The summed E-state index contributed by atoms with van der Waals surface area (Å²) < 4.78 is 7.15. The third-order valence-corrected chi connectivity index (χ3v) is 3.39. The average molecular weight is 294 g/mol. The van der Waals surface area contributed by atoms with Crippen molar-refractivity contribution in [1.29, 1.82) is 0 Å². The number of aryl methyl sites for hydroxylation is 1. The van der Waals surface area contributed by atoms with Crippen LogP contribution >= 0.6 is 11.8 Å². The van der Waals surface area contributed by atoms with Crippen LogP contribution in [-0.2, 0) is 7.05 Å². The van der Waals surface area contributed by atoms with Crippen LogP contribution in [0.25, 0.3) is 0 Å². The standard InChI is InChI=1S/C11H14N6O2S/c1-17-11(14-15-16-17)20-7-6-19-9-4-2-8(3-5-9)10(18)13-12/h2-5H,6-7,12H2,1H3,(H,13,18). The van der Waals surface area contributed by atoms with Crippen LogP contribution in [0.2, 0.25) is 0 Å². The predicted octanol–water partition coefficient (Wildman–Crippen LogP) is -0.0153. The van der Waals surface area contributed by atoms with Gasteiger partial charge in [0.25, 0.3) is 5.91 Å². The number of nitrogens with two attached hydrogens (primary N) is 1. The minimum atomic E-state index is -0.332. The van der Waals surface area contributed by atoms with Crippen LogP contribution in [0, 0.1) is 0 Å². The van der Waals surface area contributed by atoms with Crippen LogP contribution in [0.1, 0.15) is 10.4 Å². The Hall–Kier alpha value is -2.13. The number of hydrogen-bond acceptors (Lipinski definition) is 7. The number of hydrogen-bond donors (Lipinski definition) is 2. The summed E-state index contributed by atoms with van der Waals surface area (Å²) in [7, 11) is 1.78. The molecule has 0 unspecified atom stereocenters. The zero-order valence-corrected chi connectivity index (χ0v) is 11.6. The number of hydrazine groups is 1. The Morgan fingerprint density at radius 1 is 1.45 bits per heavy atom. The van der Waals surface area contributed by atoms with Crippen LogP contribution < -0.4 is 16.0 Å². The maximum Gasteiger partial charge on any atom is 0.265 e. The third kappa shape index (κ3) is 3.68. The summed E-state index contributed by atoms with van der Waals surface area (Å²) in [5.74, 6) is 6.13. The highest BCUT2D eigenvalue weighted by Gasteiger charge is 2.04. The number of rotatable bonds is 6. The first-order valence-corrected chi connectivity index (χ1v) is 6.78. The van der Waals surface area contributed by atoms with Crippen molar-refractivity contribution < 1.29 is 9.53 Å². The maximum absolute atomic E-state index is 11.2. The number of nitrogens with one attached hydrogen (secondary N) is 1. The van der Waals surface area contributed by atoms with E-state index in [-0.39, 0.29) is 5.91 Å². The zero-order chi connectivity index (χ0) is 14.4. The van der Waals surface area contributed by atoms with Crippen molar-refractivity contribution in [2.75, 3.05) is 12.4 Å². The smallest absolute Gasteiger partial charge is 0.265 e. The van der Waals surface area contributed by atoms with Gasteiger partial charge < -0.3 is 4.74 Å². The average Bonchev–Trinajstić information content (AvgIpc) is 2.89. The van der Waals surface area contributed by atoms with Crippen molar-refractivity contribution in [1.82, 2.24) is 25.6 Å². The van der Waals surface area contributed by atoms with Gasteiger partial charge in [-0.1, -0.05) is 11.8 Å². The lowest BCUT2D eigenvalue weighted by molar-refractivity contribution is 0.0953. The molecule has 1 heterocycles. The summed E-state index contributed by atoms with van der Waals surface area (Å²) in [6.07, 6.45) is 0. The largest absolute Gasteiger partial charge is 0.493 e. The molecular formula is C11H14N6O2S. The van der Waals surface area contributed by atoms with Crippen molar-refractivity contribution in [2.24, 2.45) is 12.9 Å². The van der Waals surface area contributed by atoms with Crippen molar-refractivity contribution in [2.45, 2.75) is 5.16 Å². The number of aromatic nitrogens is 4. The molecule has 0 fully saturated rings. The van der Waals surface area contributed by atoms with Gasteiger partial charge in [-0.05, 0) is 34.7 Å². The van der Waals surface area contributed by atoms with Gasteiger partial charge >= 0.3 is 0 Å². The number of tetrazole rings is 1. The number of benzene rings is 1. The van der Waals surface area contributed by atoms with Gasteiger partial charge in [-0.25, -0.2) is 10.5 Å². The second kappa shape index (κ2) is 6.87. The van der Waals surface area contributed by atoms with E-state index >= 15 is 0 Å². The molecular weight excluding hydrogens is 280 g/mol. The molecule has 0 atom stereocenters. The molecule has 0 aliphatic heterocycles. The van der Waals surface area contributed by atoms with Gasteiger partial charge in [0.1, 0.15) is 5.75 Å². The van der Waals surface area contributed by atoms with E-state index in [0.717, 1.165) is 10.9 Å². The summed E-state index contributed by atoms with van der Waals surface area (Å²) in [5.41, 5.74) is 2.56. The molecule has 20 heavy (non-hydrogen) atoms. The first-order valence-electron chi connectivity index (χ1n) is 5.79. The van der Waals surface area contributed by atoms with E-state index in [9.17, 15) is 4.79 Å². The zero-order valence-electron chi connectivity index (χ0n) is 10.8. The molecule has 0 spiro atoms. The summed E-state index contributed by atoms with van der Waals surface area (Å²) in [4.78, 5) is 11.2. The number of amides is 1. The minimum Gasteiger partial charge on any atom is -0.493 e. The van der Waals surface area contributed by atoms with Crippen LogP contribution in [-0.4, -0.2) is 38.5 Å². The number of nitrogens with zero attached hydrogens (tertiary/aromatic N) is 4. The fourth-order valence-corrected chi connectivity index (χ4v) is 2.09. The summed E-state index contributed by atoms with van der Waals surface area (Å²) >= 11 is 1.51. The van der Waals surface area contributed by atoms with E-state index in [1.54, 1.807) is 36.0 Å². The lowest BCUT2D eigenvalue weighted by Gasteiger charge is -2.06. The Labute approximate surface area is 119 Å². The fraction of sp³-hybridized carbons (Fsp3) is 0.273. The van der Waals surface area contributed by atoms with Gasteiger partial charge in [0.2, 0.25) is 5.16 Å². The van der Waals surface area contributed by atoms with Crippen LogP contribution in [0.5, 0.6) is 5.75 Å². The van der Waals surface area contributed by atoms with Gasteiger partial charge in [0.15, 0.2) is 0 Å². The van der Waals surface area contributed by atoms with Crippen molar-refractivity contribution in [3.8, 4) is 5.75 Å². The Balaban J connectivity index is 1.77. The molecule has 2 aromatic rings. The maximum atomic E-state index is 11.2.